The van der Waals surface area contributed by atoms with Crippen LogP contribution in [0.1, 0.15) is 49.4 Å². The summed E-state index contributed by atoms with van der Waals surface area (Å²) in [6.45, 7) is 9.02. The zero-order valence-corrected chi connectivity index (χ0v) is 13.2. The van der Waals surface area contributed by atoms with E-state index in [1.807, 2.05) is 6.92 Å². The highest BCUT2D eigenvalue weighted by Crippen LogP contribution is 2.22. The Kier molecular flexibility index (Phi) is 6.52. The second-order valence-corrected chi connectivity index (χ2v) is 6.99. The van der Waals surface area contributed by atoms with E-state index in [1.165, 1.54) is 9.75 Å². The topological polar surface area (TPSA) is 55.1 Å². The molecule has 1 aromatic rings. The van der Waals surface area contributed by atoms with Crippen molar-refractivity contribution in [3.63, 3.8) is 0 Å². The molecule has 0 aromatic carbocycles. The number of carbonyl (C=O) groups excluding carboxylic acids is 1. The Labute approximate surface area is 120 Å². The number of thiophene rings is 1. The van der Waals surface area contributed by atoms with Crippen molar-refractivity contribution < 1.29 is 4.79 Å². The lowest BCUT2D eigenvalue weighted by Gasteiger charge is -2.18. The minimum Gasteiger partial charge on any atom is -0.349 e. The van der Waals surface area contributed by atoms with Crippen LogP contribution in [0.3, 0.4) is 0 Å². The third kappa shape index (κ3) is 5.74. The zero-order valence-electron chi connectivity index (χ0n) is 12.4. The highest BCUT2D eigenvalue weighted by atomic mass is 32.1. The van der Waals surface area contributed by atoms with E-state index in [4.69, 9.17) is 5.73 Å². The quantitative estimate of drug-likeness (QED) is 0.806. The predicted molar refractivity (Wildman–Crippen MR) is 82.2 cm³/mol. The molecule has 0 bridgehead atoms. The molecule has 3 N–H and O–H groups in total. The smallest absolute Gasteiger partial charge is 0.220 e. The van der Waals surface area contributed by atoms with Gasteiger partial charge in [0, 0.05) is 16.2 Å². The highest BCUT2D eigenvalue weighted by molar-refractivity contribution is 7.12. The highest BCUT2D eigenvalue weighted by Gasteiger charge is 2.16. The Morgan fingerprint density at radius 2 is 2.05 bits per heavy atom. The molecule has 4 heteroatoms. The number of amides is 1. The molecule has 1 aromatic heterocycles. The van der Waals surface area contributed by atoms with Gasteiger partial charge in [-0.15, -0.1) is 11.3 Å². The second-order valence-electron chi connectivity index (χ2n) is 5.67. The maximum Gasteiger partial charge on any atom is 0.220 e. The second kappa shape index (κ2) is 7.65. The van der Waals surface area contributed by atoms with Crippen LogP contribution >= 0.6 is 11.3 Å². The number of hydrogen-bond donors (Lipinski definition) is 2. The lowest BCUT2D eigenvalue weighted by atomic mass is 9.94. The fourth-order valence-corrected chi connectivity index (χ4v) is 3.13. The molecule has 2 unspecified atom stereocenters. The van der Waals surface area contributed by atoms with Crippen LogP contribution in [-0.4, -0.2) is 12.5 Å². The van der Waals surface area contributed by atoms with E-state index >= 15 is 0 Å². The Morgan fingerprint density at radius 1 is 1.37 bits per heavy atom. The van der Waals surface area contributed by atoms with Crippen LogP contribution in [0, 0.1) is 18.8 Å². The van der Waals surface area contributed by atoms with Gasteiger partial charge in [0.15, 0.2) is 0 Å². The standard InChI is InChI=1S/C15H26N2OS/c1-10(2)7-13(9-16)8-15(18)17-12(4)14-6-5-11(3)19-14/h5-6,10,12-13H,7-9,16H2,1-4H3,(H,17,18). The largest absolute Gasteiger partial charge is 0.349 e. The number of aryl methyl sites for hydroxylation is 1. The predicted octanol–water partition coefficient (Wildman–Crippen LogP) is 3.24. The summed E-state index contributed by atoms with van der Waals surface area (Å²) in [6, 6.07) is 4.26. The van der Waals surface area contributed by atoms with Crippen LogP contribution in [-0.2, 0) is 4.79 Å². The van der Waals surface area contributed by atoms with Gasteiger partial charge in [-0.2, -0.15) is 0 Å². The molecule has 0 saturated carbocycles. The fraction of sp³-hybridized carbons (Fsp3) is 0.667. The van der Waals surface area contributed by atoms with E-state index < -0.39 is 0 Å². The number of nitrogens with one attached hydrogen (secondary N) is 1. The first-order chi connectivity index (χ1) is 8.92. The van der Waals surface area contributed by atoms with Crippen LogP contribution in [0.25, 0.3) is 0 Å². The van der Waals surface area contributed by atoms with Crippen molar-refractivity contribution in [2.75, 3.05) is 6.54 Å². The Balaban J connectivity index is 2.45. The Bertz CT molecular complexity index is 401. The molecule has 0 spiro atoms. The summed E-state index contributed by atoms with van der Waals surface area (Å²) in [5, 5.41) is 3.06. The van der Waals surface area contributed by atoms with Gasteiger partial charge in [-0.3, -0.25) is 4.79 Å². The summed E-state index contributed by atoms with van der Waals surface area (Å²) in [5.74, 6) is 0.977. The Morgan fingerprint density at radius 3 is 2.53 bits per heavy atom. The minimum absolute atomic E-state index is 0.0867. The number of rotatable bonds is 7. The molecule has 0 aliphatic carbocycles. The first kappa shape index (κ1) is 16.2. The van der Waals surface area contributed by atoms with Crippen molar-refractivity contribution in [1.29, 1.82) is 0 Å². The van der Waals surface area contributed by atoms with Gasteiger partial charge < -0.3 is 11.1 Å². The van der Waals surface area contributed by atoms with E-state index in [0.29, 0.717) is 18.9 Å². The van der Waals surface area contributed by atoms with Gasteiger partial charge in [0.1, 0.15) is 0 Å². The fourth-order valence-electron chi connectivity index (χ4n) is 2.25. The van der Waals surface area contributed by atoms with Gasteiger partial charge in [-0.1, -0.05) is 13.8 Å². The van der Waals surface area contributed by atoms with Crippen LogP contribution < -0.4 is 11.1 Å². The molecule has 1 amide bonds. The number of hydrogen-bond acceptors (Lipinski definition) is 3. The molecule has 19 heavy (non-hydrogen) atoms. The molecule has 2 atom stereocenters. The van der Waals surface area contributed by atoms with Gasteiger partial charge in [0.05, 0.1) is 6.04 Å². The molecule has 0 saturated heterocycles. The van der Waals surface area contributed by atoms with E-state index in [1.54, 1.807) is 11.3 Å². The van der Waals surface area contributed by atoms with E-state index in [-0.39, 0.29) is 17.9 Å². The molecular weight excluding hydrogens is 256 g/mol. The molecule has 108 valence electrons. The monoisotopic (exact) mass is 282 g/mol. The summed E-state index contributed by atoms with van der Waals surface area (Å²) in [6.07, 6.45) is 1.54. The summed E-state index contributed by atoms with van der Waals surface area (Å²) < 4.78 is 0. The van der Waals surface area contributed by atoms with Crippen molar-refractivity contribution in [2.45, 2.75) is 46.6 Å². The van der Waals surface area contributed by atoms with Crippen molar-refractivity contribution in [1.82, 2.24) is 5.32 Å². The molecule has 0 aliphatic heterocycles. The van der Waals surface area contributed by atoms with Crippen LogP contribution in [0.5, 0.6) is 0 Å². The molecule has 1 heterocycles. The van der Waals surface area contributed by atoms with Crippen molar-refractivity contribution in [3.8, 4) is 0 Å². The van der Waals surface area contributed by atoms with Gasteiger partial charge >= 0.3 is 0 Å². The third-order valence-electron chi connectivity index (χ3n) is 3.18. The summed E-state index contributed by atoms with van der Waals surface area (Å²) in [5.41, 5.74) is 5.74. The lowest BCUT2D eigenvalue weighted by molar-refractivity contribution is -0.122. The maximum absolute atomic E-state index is 12.0. The first-order valence-electron chi connectivity index (χ1n) is 6.98. The molecule has 0 aliphatic rings. The number of nitrogens with two attached hydrogens (primary N) is 1. The maximum atomic E-state index is 12.0. The van der Waals surface area contributed by atoms with E-state index in [0.717, 1.165) is 6.42 Å². The molecule has 0 radical (unpaired) electrons. The first-order valence-corrected chi connectivity index (χ1v) is 7.79. The summed E-state index contributed by atoms with van der Waals surface area (Å²) >= 11 is 1.73. The lowest BCUT2D eigenvalue weighted by Crippen LogP contribution is -2.30. The molecular formula is C15H26N2OS. The van der Waals surface area contributed by atoms with Gasteiger partial charge in [-0.25, -0.2) is 0 Å². The minimum atomic E-state index is 0.0867. The molecule has 1 rings (SSSR count). The molecule has 3 nitrogen and oxygen atoms in total. The van der Waals surface area contributed by atoms with Crippen molar-refractivity contribution in [3.05, 3.63) is 21.9 Å². The average molecular weight is 282 g/mol. The zero-order chi connectivity index (χ0) is 14.4. The molecule has 0 fully saturated rings. The van der Waals surface area contributed by atoms with Gasteiger partial charge in [0.25, 0.3) is 0 Å². The summed E-state index contributed by atoms with van der Waals surface area (Å²) in [7, 11) is 0. The normalized spacial score (nSPS) is 14.4. The number of carbonyl (C=O) groups is 1. The Hall–Kier alpha value is -0.870. The van der Waals surface area contributed by atoms with Gasteiger partial charge in [-0.05, 0) is 50.8 Å². The SMILES string of the molecule is Cc1ccc(C(C)NC(=O)CC(CN)CC(C)C)s1. The summed E-state index contributed by atoms with van der Waals surface area (Å²) in [4.78, 5) is 14.5. The van der Waals surface area contributed by atoms with Crippen LogP contribution in [0.4, 0.5) is 0 Å². The van der Waals surface area contributed by atoms with Crippen molar-refractivity contribution in [2.24, 2.45) is 17.6 Å². The third-order valence-corrected chi connectivity index (χ3v) is 4.36. The van der Waals surface area contributed by atoms with Crippen LogP contribution in [0.2, 0.25) is 0 Å². The van der Waals surface area contributed by atoms with Crippen LogP contribution in [0.15, 0.2) is 12.1 Å². The average Bonchev–Trinajstić information content (AvgIpc) is 2.74. The van der Waals surface area contributed by atoms with E-state index in [9.17, 15) is 4.79 Å². The van der Waals surface area contributed by atoms with E-state index in [2.05, 4.69) is 38.2 Å². The van der Waals surface area contributed by atoms with Crippen molar-refractivity contribution >= 4 is 17.2 Å². The van der Waals surface area contributed by atoms with Gasteiger partial charge in [0.2, 0.25) is 5.91 Å².